The Bertz CT molecular complexity index is 791. The molecular weight excluding hydrogens is 280 g/mol. The molecule has 0 amide bonds. The van der Waals surface area contributed by atoms with Crippen molar-refractivity contribution < 1.29 is 0 Å². The number of hydrogen-bond acceptors (Lipinski definition) is 4. The van der Waals surface area contributed by atoms with Gasteiger partial charge in [0.25, 0.3) is 0 Å². The number of aromatic nitrogens is 3. The fourth-order valence-corrected chi connectivity index (χ4v) is 2.72. The van der Waals surface area contributed by atoms with E-state index in [4.69, 9.17) is 16.9 Å². The largest absolute Gasteiger partial charge is 0.277 e. The highest BCUT2D eigenvalue weighted by atomic mass is 35.5. The molecule has 92 valence electrons. The number of benzene rings is 1. The van der Waals surface area contributed by atoms with Crippen LogP contribution in [0.4, 0.5) is 0 Å². The van der Waals surface area contributed by atoms with Gasteiger partial charge in [0.1, 0.15) is 6.07 Å². The van der Waals surface area contributed by atoms with E-state index < -0.39 is 0 Å². The summed E-state index contributed by atoms with van der Waals surface area (Å²) in [5.41, 5.74) is 1.31. The summed E-state index contributed by atoms with van der Waals surface area (Å²) in [4.78, 5) is 0.810. The molecule has 0 saturated heterocycles. The van der Waals surface area contributed by atoms with Crippen LogP contribution in [-0.2, 0) is 0 Å². The van der Waals surface area contributed by atoms with Gasteiger partial charge in [0.15, 0.2) is 10.8 Å². The van der Waals surface area contributed by atoms with Crippen molar-refractivity contribution in [1.82, 2.24) is 14.6 Å². The summed E-state index contributed by atoms with van der Waals surface area (Å²) < 4.78 is 1.88. The zero-order valence-corrected chi connectivity index (χ0v) is 11.2. The van der Waals surface area contributed by atoms with E-state index >= 15 is 0 Å². The third-order valence-electron chi connectivity index (χ3n) is 2.55. The zero-order valence-electron chi connectivity index (χ0n) is 9.62. The monoisotopic (exact) mass is 286 g/mol. The summed E-state index contributed by atoms with van der Waals surface area (Å²) in [6, 6.07) is 13.0. The van der Waals surface area contributed by atoms with E-state index in [0.717, 1.165) is 15.7 Å². The third kappa shape index (κ3) is 2.28. The Labute approximate surface area is 118 Å². The molecule has 0 bridgehead atoms. The molecule has 2 aromatic heterocycles. The Kier molecular flexibility index (Phi) is 3.11. The maximum atomic E-state index is 9.12. The summed E-state index contributed by atoms with van der Waals surface area (Å²) in [7, 11) is 0. The van der Waals surface area contributed by atoms with Gasteiger partial charge in [0, 0.05) is 16.1 Å². The molecule has 3 aromatic rings. The average molecular weight is 287 g/mol. The molecule has 6 heteroatoms. The smallest absolute Gasteiger partial charge is 0.200 e. The highest BCUT2D eigenvalue weighted by Gasteiger charge is 2.10. The van der Waals surface area contributed by atoms with Crippen LogP contribution in [0.2, 0.25) is 5.02 Å². The van der Waals surface area contributed by atoms with Crippen LogP contribution in [0.15, 0.2) is 52.6 Å². The number of rotatable bonds is 2. The number of halogens is 1. The van der Waals surface area contributed by atoms with E-state index in [0.29, 0.717) is 10.6 Å². The number of fused-ring (bicyclic) bond motifs is 1. The van der Waals surface area contributed by atoms with Crippen molar-refractivity contribution in [2.75, 3.05) is 0 Å². The lowest BCUT2D eigenvalue weighted by Crippen LogP contribution is -1.87. The molecule has 0 aliphatic carbocycles. The van der Waals surface area contributed by atoms with Crippen LogP contribution in [0.25, 0.3) is 5.65 Å². The minimum absolute atomic E-state index is 0.533. The van der Waals surface area contributed by atoms with Crippen molar-refractivity contribution in [2.45, 2.75) is 10.1 Å². The van der Waals surface area contributed by atoms with Gasteiger partial charge >= 0.3 is 0 Å². The molecule has 0 radical (unpaired) electrons. The van der Waals surface area contributed by atoms with Gasteiger partial charge < -0.3 is 0 Å². The molecule has 4 nitrogen and oxygen atoms in total. The van der Waals surface area contributed by atoms with Gasteiger partial charge in [-0.1, -0.05) is 17.7 Å². The first-order valence-corrected chi connectivity index (χ1v) is 6.64. The first kappa shape index (κ1) is 12.0. The van der Waals surface area contributed by atoms with Crippen molar-refractivity contribution in [3.63, 3.8) is 0 Å². The topological polar surface area (TPSA) is 54.0 Å². The molecule has 0 aliphatic rings. The van der Waals surface area contributed by atoms with Crippen LogP contribution in [0.5, 0.6) is 0 Å². The molecule has 19 heavy (non-hydrogen) atoms. The molecule has 0 fully saturated rings. The number of hydrogen-bond donors (Lipinski definition) is 0. The third-order valence-corrected chi connectivity index (χ3v) is 3.82. The van der Waals surface area contributed by atoms with E-state index in [1.807, 2.05) is 34.9 Å². The summed E-state index contributed by atoms with van der Waals surface area (Å²) in [6.45, 7) is 0. The first-order chi connectivity index (χ1) is 9.28. The quantitative estimate of drug-likeness (QED) is 0.724. The van der Waals surface area contributed by atoms with Crippen LogP contribution in [0.1, 0.15) is 5.56 Å². The minimum Gasteiger partial charge on any atom is -0.277 e. The molecule has 2 heterocycles. The van der Waals surface area contributed by atoms with Crippen LogP contribution in [0.3, 0.4) is 0 Å². The summed E-state index contributed by atoms with van der Waals surface area (Å²) in [5, 5.41) is 18.6. The summed E-state index contributed by atoms with van der Waals surface area (Å²) >= 11 is 7.27. The normalized spacial score (nSPS) is 10.5. The molecule has 3 rings (SSSR count). The number of pyridine rings is 1. The fourth-order valence-electron chi connectivity index (χ4n) is 1.67. The predicted molar refractivity (Wildman–Crippen MR) is 73.3 cm³/mol. The Morgan fingerprint density at radius 1 is 1.21 bits per heavy atom. The Morgan fingerprint density at radius 3 is 2.95 bits per heavy atom. The molecule has 0 N–H and O–H groups in total. The maximum Gasteiger partial charge on any atom is 0.200 e. The van der Waals surface area contributed by atoms with Crippen LogP contribution < -0.4 is 0 Å². The van der Waals surface area contributed by atoms with E-state index in [9.17, 15) is 0 Å². The van der Waals surface area contributed by atoms with Crippen LogP contribution in [0, 0.1) is 11.3 Å². The van der Waals surface area contributed by atoms with Gasteiger partial charge in [0.2, 0.25) is 0 Å². The van der Waals surface area contributed by atoms with Gasteiger partial charge in [-0.05, 0) is 42.1 Å². The molecule has 0 spiro atoms. The lowest BCUT2D eigenvalue weighted by atomic mass is 10.2. The molecule has 0 atom stereocenters. The van der Waals surface area contributed by atoms with Gasteiger partial charge in [-0.15, -0.1) is 10.2 Å². The van der Waals surface area contributed by atoms with E-state index in [1.165, 1.54) is 11.8 Å². The lowest BCUT2D eigenvalue weighted by Gasteiger charge is -2.02. The SMILES string of the molecule is N#Cc1cc(Cl)ccc1Sc1nnc2ccccn12. The second-order valence-corrected chi connectivity index (χ2v) is 5.21. The fraction of sp³-hybridized carbons (Fsp3) is 0. The minimum atomic E-state index is 0.533. The molecule has 1 aromatic carbocycles. The van der Waals surface area contributed by atoms with Crippen molar-refractivity contribution in [2.24, 2.45) is 0 Å². The average Bonchev–Trinajstić information content (AvgIpc) is 2.84. The van der Waals surface area contributed by atoms with Gasteiger partial charge in [-0.3, -0.25) is 4.40 Å². The Morgan fingerprint density at radius 2 is 2.11 bits per heavy atom. The summed E-state index contributed by atoms with van der Waals surface area (Å²) in [5.74, 6) is 0. The second-order valence-electron chi connectivity index (χ2n) is 3.77. The molecule has 0 aliphatic heterocycles. The highest BCUT2D eigenvalue weighted by Crippen LogP contribution is 2.30. The van der Waals surface area contributed by atoms with Crippen LogP contribution >= 0.6 is 23.4 Å². The molecule has 0 saturated carbocycles. The van der Waals surface area contributed by atoms with Crippen LogP contribution in [-0.4, -0.2) is 14.6 Å². The van der Waals surface area contributed by atoms with E-state index in [2.05, 4.69) is 16.3 Å². The molecule has 0 unspecified atom stereocenters. The van der Waals surface area contributed by atoms with E-state index in [-0.39, 0.29) is 0 Å². The number of nitrogens with zero attached hydrogens (tertiary/aromatic N) is 4. The van der Waals surface area contributed by atoms with Gasteiger partial charge in [-0.2, -0.15) is 5.26 Å². The van der Waals surface area contributed by atoms with Gasteiger partial charge in [-0.25, -0.2) is 0 Å². The maximum absolute atomic E-state index is 9.12. The van der Waals surface area contributed by atoms with E-state index in [1.54, 1.807) is 12.1 Å². The van der Waals surface area contributed by atoms with Crippen molar-refractivity contribution in [3.8, 4) is 6.07 Å². The molecular formula is C13H7ClN4S. The standard InChI is InChI=1S/C13H7ClN4S/c14-10-4-5-11(9(7-10)8-15)19-13-17-16-12-3-1-2-6-18(12)13/h1-7H. The first-order valence-electron chi connectivity index (χ1n) is 5.45. The Hall–Kier alpha value is -2.03. The lowest BCUT2D eigenvalue weighted by molar-refractivity contribution is 0.921. The number of nitriles is 1. The Balaban J connectivity index is 2.04. The summed E-state index contributed by atoms with van der Waals surface area (Å²) in [6.07, 6.45) is 1.89. The van der Waals surface area contributed by atoms with Crippen molar-refractivity contribution >= 4 is 29.0 Å². The van der Waals surface area contributed by atoms with Gasteiger partial charge in [0.05, 0.1) is 5.56 Å². The predicted octanol–water partition coefficient (Wildman–Crippen LogP) is 3.41. The van der Waals surface area contributed by atoms with Crippen molar-refractivity contribution in [1.29, 1.82) is 5.26 Å². The second kappa shape index (κ2) is 4.92. The zero-order chi connectivity index (χ0) is 13.2. The van der Waals surface area contributed by atoms with Crippen molar-refractivity contribution in [3.05, 3.63) is 53.2 Å². The highest BCUT2D eigenvalue weighted by molar-refractivity contribution is 7.99.